The van der Waals surface area contributed by atoms with Crippen molar-refractivity contribution in [3.05, 3.63) is 47.8 Å². The summed E-state index contributed by atoms with van der Waals surface area (Å²) in [5.41, 5.74) is 1.92. The number of rotatable bonds is 6. The van der Waals surface area contributed by atoms with E-state index in [0.717, 1.165) is 25.3 Å². The lowest BCUT2D eigenvalue weighted by atomic mass is 9.95. The summed E-state index contributed by atoms with van der Waals surface area (Å²) in [5.74, 6) is 1.41. The van der Waals surface area contributed by atoms with Gasteiger partial charge in [-0.3, -0.25) is 5.10 Å². The fraction of sp³-hybridized carbons (Fsp3) is 0.444. The van der Waals surface area contributed by atoms with Gasteiger partial charge in [0.15, 0.2) is 0 Å². The molecule has 5 heteroatoms. The van der Waals surface area contributed by atoms with E-state index < -0.39 is 0 Å². The molecule has 0 aliphatic carbocycles. The van der Waals surface area contributed by atoms with E-state index in [1.165, 1.54) is 25.1 Å². The molecule has 5 nitrogen and oxygen atoms in total. The Morgan fingerprint density at radius 3 is 2.91 bits per heavy atom. The number of hydrogen-bond donors (Lipinski definition) is 1. The molecule has 1 N–H and O–H groups in total. The second-order valence-corrected chi connectivity index (χ2v) is 5.99. The topological polar surface area (TPSA) is 64.9 Å². The molecule has 0 bridgehead atoms. The highest BCUT2D eigenvalue weighted by Gasteiger charge is 2.21. The van der Waals surface area contributed by atoms with Gasteiger partial charge in [0.2, 0.25) is 0 Å². The number of likely N-dealkylation sites (tertiary alicyclic amines) is 1. The molecule has 0 unspecified atom stereocenters. The summed E-state index contributed by atoms with van der Waals surface area (Å²) in [6, 6.07) is 11.5. The lowest BCUT2D eigenvalue weighted by Gasteiger charge is -2.32. The van der Waals surface area contributed by atoms with Crippen molar-refractivity contribution >= 4 is 0 Å². The monoisotopic (exact) mass is 310 g/mol. The largest absolute Gasteiger partial charge is 0.494 e. The van der Waals surface area contributed by atoms with Crippen molar-refractivity contribution in [3.8, 4) is 11.8 Å². The van der Waals surface area contributed by atoms with E-state index in [-0.39, 0.29) is 0 Å². The first-order valence-corrected chi connectivity index (χ1v) is 8.20. The average molecular weight is 310 g/mol. The van der Waals surface area contributed by atoms with Crippen LogP contribution in [0.15, 0.2) is 36.5 Å². The van der Waals surface area contributed by atoms with Crippen LogP contribution in [-0.2, 0) is 0 Å². The molecule has 1 aliphatic rings. The Balaban J connectivity index is 1.39. The minimum atomic E-state index is 0.575. The standard InChI is InChI=1S/C18H22N4O/c19-13-15-4-6-17(7-5-15)23-12-2-11-22-10-1-3-16(14-22)18-8-9-20-21-18/h4-9,16H,1-3,10-12,14H2,(H,20,21)/t16-/m0/s1. The first kappa shape index (κ1) is 15.6. The third kappa shape index (κ3) is 4.33. The van der Waals surface area contributed by atoms with Crippen LogP contribution in [0.4, 0.5) is 0 Å². The van der Waals surface area contributed by atoms with E-state index in [9.17, 15) is 0 Å². The highest BCUT2D eigenvalue weighted by molar-refractivity contribution is 5.34. The molecule has 1 saturated heterocycles. The summed E-state index contributed by atoms with van der Waals surface area (Å²) in [4.78, 5) is 2.51. The SMILES string of the molecule is N#Cc1ccc(OCCCN2CCC[C@H](c3ccn[nH]3)C2)cc1. The summed E-state index contributed by atoms with van der Waals surface area (Å²) in [5, 5.41) is 15.9. The number of aromatic amines is 1. The van der Waals surface area contributed by atoms with Crippen molar-refractivity contribution < 1.29 is 4.74 Å². The Labute approximate surface area is 136 Å². The van der Waals surface area contributed by atoms with Gasteiger partial charge in [-0.1, -0.05) is 0 Å². The number of nitrogens with one attached hydrogen (secondary N) is 1. The molecular formula is C18H22N4O. The lowest BCUT2D eigenvalue weighted by Crippen LogP contribution is -2.35. The Bertz CT molecular complexity index is 630. The molecule has 1 atom stereocenters. The summed E-state index contributed by atoms with van der Waals surface area (Å²) in [6.45, 7) is 4.03. The van der Waals surface area contributed by atoms with Crippen molar-refractivity contribution in [1.29, 1.82) is 5.26 Å². The molecular weight excluding hydrogens is 288 g/mol. The molecule has 0 spiro atoms. The molecule has 23 heavy (non-hydrogen) atoms. The maximum absolute atomic E-state index is 8.77. The van der Waals surface area contributed by atoms with E-state index in [0.29, 0.717) is 18.1 Å². The highest BCUT2D eigenvalue weighted by atomic mass is 16.5. The van der Waals surface area contributed by atoms with Crippen LogP contribution in [0.2, 0.25) is 0 Å². The quantitative estimate of drug-likeness (QED) is 0.833. The van der Waals surface area contributed by atoms with Gasteiger partial charge in [0.25, 0.3) is 0 Å². The van der Waals surface area contributed by atoms with Gasteiger partial charge < -0.3 is 9.64 Å². The Kier molecular flexibility index (Phi) is 5.28. The highest BCUT2D eigenvalue weighted by Crippen LogP contribution is 2.25. The number of H-pyrrole nitrogens is 1. The smallest absolute Gasteiger partial charge is 0.119 e. The predicted octanol–water partition coefficient (Wildman–Crippen LogP) is 2.93. The molecule has 1 aliphatic heterocycles. The van der Waals surface area contributed by atoms with Gasteiger partial charge in [-0.2, -0.15) is 10.4 Å². The fourth-order valence-electron chi connectivity index (χ4n) is 3.11. The van der Waals surface area contributed by atoms with Gasteiger partial charge in [0.05, 0.1) is 18.2 Å². The molecule has 3 rings (SSSR count). The van der Waals surface area contributed by atoms with Gasteiger partial charge in [-0.25, -0.2) is 0 Å². The zero-order valence-corrected chi connectivity index (χ0v) is 13.2. The minimum Gasteiger partial charge on any atom is -0.494 e. The van der Waals surface area contributed by atoms with E-state index in [2.05, 4.69) is 27.2 Å². The molecule has 2 aromatic rings. The van der Waals surface area contributed by atoms with E-state index in [1.807, 2.05) is 18.3 Å². The summed E-state index contributed by atoms with van der Waals surface area (Å²) >= 11 is 0. The second kappa shape index (κ2) is 7.80. The van der Waals surface area contributed by atoms with Crippen LogP contribution in [0.1, 0.15) is 36.4 Å². The van der Waals surface area contributed by atoms with Crippen LogP contribution in [0.25, 0.3) is 0 Å². The zero-order chi connectivity index (χ0) is 15.9. The van der Waals surface area contributed by atoms with Crippen LogP contribution in [-0.4, -0.2) is 41.3 Å². The first-order chi connectivity index (χ1) is 11.3. The van der Waals surface area contributed by atoms with Gasteiger partial charge in [-0.05, 0) is 56.1 Å². The second-order valence-electron chi connectivity index (χ2n) is 5.99. The van der Waals surface area contributed by atoms with Crippen molar-refractivity contribution in [2.45, 2.75) is 25.2 Å². The van der Waals surface area contributed by atoms with Crippen LogP contribution in [0, 0.1) is 11.3 Å². The predicted molar refractivity (Wildman–Crippen MR) is 88.3 cm³/mol. The van der Waals surface area contributed by atoms with E-state index in [4.69, 9.17) is 10.00 Å². The number of hydrogen-bond acceptors (Lipinski definition) is 4. The Hall–Kier alpha value is -2.32. The number of ether oxygens (including phenoxy) is 1. The molecule has 1 aromatic heterocycles. The number of benzene rings is 1. The molecule has 2 heterocycles. The van der Waals surface area contributed by atoms with Gasteiger partial charge >= 0.3 is 0 Å². The van der Waals surface area contributed by atoms with E-state index >= 15 is 0 Å². The average Bonchev–Trinajstić information content (AvgIpc) is 3.14. The van der Waals surface area contributed by atoms with Gasteiger partial charge in [0.1, 0.15) is 5.75 Å². The van der Waals surface area contributed by atoms with Crippen molar-refractivity contribution in [2.75, 3.05) is 26.2 Å². The maximum atomic E-state index is 8.77. The molecule has 0 radical (unpaired) electrons. The van der Waals surface area contributed by atoms with Crippen molar-refractivity contribution in [2.24, 2.45) is 0 Å². The van der Waals surface area contributed by atoms with Crippen LogP contribution >= 0.6 is 0 Å². The molecule has 1 fully saturated rings. The third-order valence-corrected chi connectivity index (χ3v) is 4.34. The number of nitriles is 1. The third-order valence-electron chi connectivity index (χ3n) is 4.34. The lowest BCUT2D eigenvalue weighted by molar-refractivity contribution is 0.188. The van der Waals surface area contributed by atoms with Gasteiger partial charge in [0, 0.05) is 30.9 Å². The number of aromatic nitrogens is 2. The Morgan fingerprint density at radius 2 is 2.17 bits per heavy atom. The van der Waals surface area contributed by atoms with Crippen LogP contribution < -0.4 is 4.74 Å². The minimum absolute atomic E-state index is 0.575. The number of nitrogens with zero attached hydrogens (tertiary/aromatic N) is 3. The zero-order valence-electron chi connectivity index (χ0n) is 13.2. The fourth-order valence-corrected chi connectivity index (χ4v) is 3.11. The summed E-state index contributed by atoms with van der Waals surface area (Å²) in [6.07, 6.45) is 5.32. The molecule has 0 amide bonds. The van der Waals surface area contributed by atoms with Crippen LogP contribution in [0.5, 0.6) is 5.75 Å². The number of piperidine rings is 1. The maximum Gasteiger partial charge on any atom is 0.119 e. The summed E-state index contributed by atoms with van der Waals surface area (Å²) in [7, 11) is 0. The molecule has 0 saturated carbocycles. The Morgan fingerprint density at radius 1 is 1.30 bits per heavy atom. The van der Waals surface area contributed by atoms with E-state index in [1.54, 1.807) is 12.1 Å². The normalized spacial score (nSPS) is 18.5. The summed E-state index contributed by atoms with van der Waals surface area (Å²) < 4.78 is 5.74. The molecule has 120 valence electrons. The van der Waals surface area contributed by atoms with Crippen molar-refractivity contribution in [1.82, 2.24) is 15.1 Å². The molecule has 1 aromatic carbocycles. The van der Waals surface area contributed by atoms with Crippen molar-refractivity contribution in [3.63, 3.8) is 0 Å². The van der Waals surface area contributed by atoms with Crippen LogP contribution in [0.3, 0.4) is 0 Å². The first-order valence-electron chi connectivity index (χ1n) is 8.20. The van der Waals surface area contributed by atoms with Gasteiger partial charge in [-0.15, -0.1) is 0 Å².